The van der Waals surface area contributed by atoms with E-state index in [4.69, 9.17) is 0 Å². The zero-order valence-corrected chi connectivity index (χ0v) is 14.2. The number of fused-ring (bicyclic) bond motifs is 1. The van der Waals surface area contributed by atoms with Crippen LogP contribution < -0.4 is 0 Å². The van der Waals surface area contributed by atoms with Crippen LogP contribution >= 0.6 is 0 Å². The van der Waals surface area contributed by atoms with Crippen molar-refractivity contribution in [2.75, 3.05) is 0 Å². The van der Waals surface area contributed by atoms with Crippen molar-refractivity contribution in [2.24, 2.45) is 23.2 Å². The zero-order valence-electron chi connectivity index (χ0n) is 14.2. The van der Waals surface area contributed by atoms with E-state index in [9.17, 15) is 14.7 Å². The SMILES string of the molecule is CC(C)(C)[C@H]1CC[C@@H](C2C(=O)c3ccccc3C(=O)C2O)CC1. The average Bonchev–Trinajstić information content (AvgIpc) is 2.53. The van der Waals surface area contributed by atoms with Crippen molar-refractivity contribution >= 4 is 11.6 Å². The Morgan fingerprint density at radius 2 is 1.43 bits per heavy atom. The molecule has 3 heteroatoms. The summed E-state index contributed by atoms with van der Waals surface area (Å²) in [4.78, 5) is 25.3. The molecule has 2 aliphatic carbocycles. The third-order valence-corrected chi connectivity index (χ3v) is 5.87. The van der Waals surface area contributed by atoms with Gasteiger partial charge in [-0.15, -0.1) is 0 Å². The molecule has 0 bridgehead atoms. The van der Waals surface area contributed by atoms with Crippen LogP contribution in [0.5, 0.6) is 0 Å². The number of aliphatic hydroxyl groups excluding tert-OH is 1. The van der Waals surface area contributed by atoms with E-state index in [0.29, 0.717) is 17.0 Å². The van der Waals surface area contributed by atoms with E-state index in [1.54, 1.807) is 24.3 Å². The molecule has 2 aliphatic rings. The summed E-state index contributed by atoms with van der Waals surface area (Å²) in [5.74, 6) is -0.126. The fourth-order valence-corrected chi connectivity index (χ4v) is 4.37. The lowest BCUT2D eigenvalue weighted by Crippen LogP contribution is -2.45. The van der Waals surface area contributed by atoms with Gasteiger partial charge in [-0.3, -0.25) is 9.59 Å². The lowest BCUT2D eigenvalue weighted by atomic mass is 9.64. The normalized spacial score (nSPS) is 31.8. The highest BCUT2D eigenvalue weighted by Crippen LogP contribution is 2.44. The van der Waals surface area contributed by atoms with Crippen LogP contribution in [0.3, 0.4) is 0 Å². The van der Waals surface area contributed by atoms with Crippen LogP contribution in [-0.2, 0) is 0 Å². The highest BCUT2D eigenvalue weighted by Gasteiger charge is 2.45. The molecule has 23 heavy (non-hydrogen) atoms. The minimum absolute atomic E-state index is 0.0492. The molecule has 0 spiro atoms. The van der Waals surface area contributed by atoms with Crippen LogP contribution in [0.1, 0.15) is 67.2 Å². The monoisotopic (exact) mass is 314 g/mol. The molecule has 0 amide bonds. The Hall–Kier alpha value is -1.48. The maximum atomic E-state index is 12.8. The summed E-state index contributed by atoms with van der Waals surface area (Å²) in [5, 5.41) is 10.5. The molecule has 0 radical (unpaired) electrons. The first-order valence-corrected chi connectivity index (χ1v) is 8.66. The van der Waals surface area contributed by atoms with Crippen LogP contribution in [0.4, 0.5) is 0 Å². The summed E-state index contributed by atoms with van der Waals surface area (Å²) in [7, 11) is 0. The van der Waals surface area contributed by atoms with Crippen molar-refractivity contribution < 1.29 is 14.7 Å². The third-order valence-electron chi connectivity index (χ3n) is 5.87. The van der Waals surface area contributed by atoms with Crippen molar-refractivity contribution in [1.29, 1.82) is 0 Å². The van der Waals surface area contributed by atoms with Gasteiger partial charge in [0.15, 0.2) is 11.6 Å². The summed E-state index contributed by atoms with van der Waals surface area (Å²) in [6.45, 7) is 6.79. The molecular formula is C20H26O3. The van der Waals surface area contributed by atoms with Gasteiger partial charge < -0.3 is 5.11 Å². The first kappa shape index (κ1) is 16.4. The smallest absolute Gasteiger partial charge is 0.192 e. The molecule has 0 heterocycles. The Labute approximate surface area is 138 Å². The summed E-state index contributed by atoms with van der Waals surface area (Å²) < 4.78 is 0. The predicted molar refractivity (Wildman–Crippen MR) is 89.5 cm³/mol. The lowest BCUT2D eigenvalue weighted by Gasteiger charge is -2.41. The Morgan fingerprint density at radius 3 is 1.96 bits per heavy atom. The van der Waals surface area contributed by atoms with Gasteiger partial charge in [-0.25, -0.2) is 0 Å². The van der Waals surface area contributed by atoms with Crippen LogP contribution in [-0.4, -0.2) is 22.8 Å². The number of aliphatic hydroxyl groups is 1. The number of hydrogen-bond donors (Lipinski definition) is 1. The van der Waals surface area contributed by atoms with Crippen molar-refractivity contribution in [3.05, 3.63) is 35.4 Å². The molecule has 0 aromatic heterocycles. The molecule has 0 aliphatic heterocycles. The Balaban J connectivity index is 1.82. The largest absolute Gasteiger partial charge is 0.384 e. The van der Waals surface area contributed by atoms with E-state index in [0.717, 1.165) is 25.7 Å². The maximum Gasteiger partial charge on any atom is 0.192 e. The molecular weight excluding hydrogens is 288 g/mol. The third kappa shape index (κ3) is 2.87. The standard InChI is InChI=1S/C20H26O3/c1-20(2,3)13-10-8-12(9-11-13)16-17(21)14-6-4-5-7-15(14)18(22)19(16)23/h4-7,12-13,16,19,23H,8-11H2,1-3H3/t12-,13+,16?,19?. The highest BCUT2D eigenvalue weighted by molar-refractivity contribution is 6.17. The van der Waals surface area contributed by atoms with Gasteiger partial charge in [0.1, 0.15) is 6.10 Å². The molecule has 0 saturated heterocycles. The molecule has 3 nitrogen and oxygen atoms in total. The molecule has 1 saturated carbocycles. The van der Waals surface area contributed by atoms with Gasteiger partial charge in [0, 0.05) is 11.1 Å². The summed E-state index contributed by atoms with van der Waals surface area (Å²) in [5.41, 5.74) is 1.15. The molecule has 124 valence electrons. The van der Waals surface area contributed by atoms with Gasteiger partial charge in [0.05, 0.1) is 5.92 Å². The van der Waals surface area contributed by atoms with Gasteiger partial charge in [-0.2, -0.15) is 0 Å². The number of Topliss-reactive ketones (excluding diaryl/α,β-unsaturated/α-hetero) is 2. The molecule has 1 N–H and O–H groups in total. The lowest BCUT2D eigenvalue weighted by molar-refractivity contribution is 0.0282. The number of hydrogen-bond acceptors (Lipinski definition) is 3. The van der Waals surface area contributed by atoms with Crippen LogP contribution in [0, 0.1) is 23.2 Å². The van der Waals surface area contributed by atoms with E-state index in [2.05, 4.69) is 20.8 Å². The fourth-order valence-electron chi connectivity index (χ4n) is 4.37. The molecule has 1 fully saturated rings. The first-order chi connectivity index (χ1) is 10.8. The summed E-state index contributed by atoms with van der Waals surface area (Å²) in [6, 6.07) is 6.89. The van der Waals surface area contributed by atoms with Crippen molar-refractivity contribution in [3.8, 4) is 0 Å². The van der Waals surface area contributed by atoms with Crippen LogP contribution in [0.25, 0.3) is 0 Å². The Bertz CT molecular complexity index is 618. The van der Waals surface area contributed by atoms with E-state index in [-0.39, 0.29) is 22.9 Å². The van der Waals surface area contributed by atoms with E-state index < -0.39 is 12.0 Å². The fraction of sp³-hybridized carbons (Fsp3) is 0.600. The van der Waals surface area contributed by atoms with Gasteiger partial charge >= 0.3 is 0 Å². The molecule has 1 aromatic carbocycles. The number of carbonyl (C=O) groups is 2. The number of rotatable bonds is 1. The first-order valence-electron chi connectivity index (χ1n) is 8.66. The second-order valence-corrected chi connectivity index (χ2v) is 8.22. The molecule has 2 unspecified atom stereocenters. The average molecular weight is 314 g/mol. The van der Waals surface area contributed by atoms with E-state index >= 15 is 0 Å². The number of carbonyl (C=O) groups excluding carboxylic acids is 2. The summed E-state index contributed by atoms with van der Waals surface area (Å²) in [6.07, 6.45) is 2.81. The van der Waals surface area contributed by atoms with Gasteiger partial charge in [-0.05, 0) is 42.9 Å². The van der Waals surface area contributed by atoms with Crippen molar-refractivity contribution in [3.63, 3.8) is 0 Å². The van der Waals surface area contributed by atoms with Crippen molar-refractivity contribution in [1.82, 2.24) is 0 Å². The van der Waals surface area contributed by atoms with Gasteiger partial charge in [0.2, 0.25) is 0 Å². The molecule has 2 atom stereocenters. The van der Waals surface area contributed by atoms with Crippen molar-refractivity contribution in [2.45, 2.75) is 52.6 Å². The minimum Gasteiger partial charge on any atom is -0.384 e. The molecule has 3 rings (SSSR count). The topological polar surface area (TPSA) is 54.4 Å². The second kappa shape index (κ2) is 5.86. The Kier molecular flexibility index (Phi) is 4.18. The second-order valence-electron chi connectivity index (χ2n) is 8.22. The quantitative estimate of drug-likeness (QED) is 0.855. The van der Waals surface area contributed by atoms with Crippen LogP contribution in [0.15, 0.2) is 24.3 Å². The van der Waals surface area contributed by atoms with Gasteiger partial charge in [0.25, 0.3) is 0 Å². The minimum atomic E-state index is -1.17. The maximum absolute atomic E-state index is 12.8. The van der Waals surface area contributed by atoms with E-state index in [1.165, 1.54) is 0 Å². The zero-order chi connectivity index (χ0) is 16.8. The van der Waals surface area contributed by atoms with Gasteiger partial charge in [-0.1, -0.05) is 45.0 Å². The van der Waals surface area contributed by atoms with Crippen LogP contribution in [0.2, 0.25) is 0 Å². The van der Waals surface area contributed by atoms with E-state index in [1.807, 2.05) is 0 Å². The number of ketones is 2. The highest BCUT2D eigenvalue weighted by atomic mass is 16.3. The Morgan fingerprint density at radius 1 is 0.913 bits per heavy atom. The number of benzene rings is 1. The summed E-state index contributed by atoms with van der Waals surface area (Å²) >= 11 is 0. The molecule has 1 aromatic rings. The predicted octanol–water partition coefficient (Wildman–Crippen LogP) is 3.90.